The van der Waals surface area contributed by atoms with Gasteiger partial charge in [0.1, 0.15) is 0 Å². The predicted octanol–water partition coefficient (Wildman–Crippen LogP) is 3.46. The van der Waals surface area contributed by atoms with Gasteiger partial charge in [0.25, 0.3) is 0 Å². The van der Waals surface area contributed by atoms with Crippen LogP contribution < -0.4 is 5.32 Å². The van der Waals surface area contributed by atoms with Crippen LogP contribution in [-0.2, 0) is 4.79 Å². The van der Waals surface area contributed by atoms with Crippen LogP contribution in [0.3, 0.4) is 0 Å². The van der Waals surface area contributed by atoms with E-state index in [9.17, 15) is 9.18 Å². The quantitative estimate of drug-likeness (QED) is 0.740. The molecular formula is C14H20BrFN2O. The van der Waals surface area contributed by atoms with Crippen molar-refractivity contribution in [1.82, 2.24) is 4.90 Å². The Bertz CT molecular complexity index is 401. The van der Waals surface area contributed by atoms with Crippen molar-refractivity contribution in [3.63, 3.8) is 0 Å². The molecule has 0 aromatic heterocycles. The number of nitrogens with zero attached hydrogens (tertiary/aromatic N) is 1. The molecule has 5 heteroatoms. The fraction of sp³-hybridized carbons (Fsp3) is 0.500. The highest BCUT2D eigenvalue weighted by Crippen LogP contribution is 2.20. The summed E-state index contributed by atoms with van der Waals surface area (Å²) in [5.74, 6) is -0.0418. The van der Waals surface area contributed by atoms with E-state index in [1.54, 1.807) is 0 Å². The predicted molar refractivity (Wildman–Crippen MR) is 80.1 cm³/mol. The number of para-hydroxylation sites is 1. The molecule has 0 bridgehead atoms. The maximum absolute atomic E-state index is 11.9. The fourth-order valence-electron chi connectivity index (χ4n) is 1.73. The number of amides is 1. The van der Waals surface area contributed by atoms with Crippen LogP contribution >= 0.6 is 15.9 Å². The number of benzene rings is 1. The van der Waals surface area contributed by atoms with Crippen LogP contribution in [0.4, 0.5) is 10.1 Å². The minimum Gasteiger partial charge on any atom is -0.324 e. The van der Waals surface area contributed by atoms with Crippen LogP contribution in [0, 0.1) is 0 Å². The maximum Gasteiger partial charge on any atom is 0.238 e. The molecule has 0 unspecified atom stereocenters. The summed E-state index contributed by atoms with van der Waals surface area (Å²) in [6, 6.07) is 7.51. The van der Waals surface area contributed by atoms with Crippen LogP contribution in [0.1, 0.15) is 19.3 Å². The van der Waals surface area contributed by atoms with Crippen LogP contribution in [0.15, 0.2) is 28.7 Å². The second-order valence-electron chi connectivity index (χ2n) is 4.52. The molecule has 0 aliphatic carbocycles. The third kappa shape index (κ3) is 6.68. The second-order valence-corrected chi connectivity index (χ2v) is 5.37. The third-order valence-corrected chi connectivity index (χ3v) is 3.43. The molecule has 1 aromatic carbocycles. The number of anilines is 1. The summed E-state index contributed by atoms with van der Waals surface area (Å²) in [5, 5.41) is 2.86. The number of likely N-dealkylation sites (N-methyl/N-ethyl adjacent to an activating group) is 1. The maximum atomic E-state index is 11.9. The highest BCUT2D eigenvalue weighted by atomic mass is 79.9. The highest BCUT2D eigenvalue weighted by molar-refractivity contribution is 9.10. The Labute approximate surface area is 122 Å². The molecule has 1 aromatic rings. The van der Waals surface area contributed by atoms with E-state index < -0.39 is 0 Å². The van der Waals surface area contributed by atoms with Gasteiger partial charge in [-0.25, -0.2) is 0 Å². The number of hydrogen-bond acceptors (Lipinski definition) is 2. The Morgan fingerprint density at radius 1 is 1.32 bits per heavy atom. The Balaban J connectivity index is 2.29. The normalized spacial score (nSPS) is 10.7. The number of carbonyl (C=O) groups is 1. The molecule has 0 aliphatic rings. The van der Waals surface area contributed by atoms with Crippen molar-refractivity contribution < 1.29 is 9.18 Å². The second kappa shape index (κ2) is 9.04. The molecule has 0 radical (unpaired) electrons. The average molecular weight is 331 g/mol. The summed E-state index contributed by atoms with van der Waals surface area (Å²) in [6.45, 7) is 0.895. The zero-order valence-electron chi connectivity index (χ0n) is 11.2. The zero-order valence-corrected chi connectivity index (χ0v) is 12.7. The van der Waals surface area contributed by atoms with Gasteiger partial charge in [-0.1, -0.05) is 12.1 Å². The van der Waals surface area contributed by atoms with Crippen molar-refractivity contribution in [1.29, 1.82) is 0 Å². The molecule has 0 aliphatic heterocycles. The monoisotopic (exact) mass is 330 g/mol. The first-order chi connectivity index (χ1) is 9.13. The topological polar surface area (TPSA) is 32.3 Å². The molecule has 0 atom stereocenters. The lowest BCUT2D eigenvalue weighted by molar-refractivity contribution is -0.117. The number of carbonyl (C=O) groups excluding carboxylic acids is 1. The zero-order chi connectivity index (χ0) is 14.1. The first-order valence-corrected chi connectivity index (χ1v) is 7.21. The Hall–Kier alpha value is -0.940. The number of halogens is 2. The third-order valence-electron chi connectivity index (χ3n) is 2.73. The van der Waals surface area contributed by atoms with Gasteiger partial charge < -0.3 is 5.32 Å². The molecule has 106 valence electrons. The van der Waals surface area contributed by atoms with Gasteiger partial charge in [-0.15, -0.1) is 0 Å². The molecule has 1 rings (SSSR count). The Morgan fingerprint density at radius 3 is 2.74 bits per heavy atom. The number of alkyl halides is 1. The molecule has 1 N–H and O–H groups in total. The van der Waals surface area contributed by atoms with E-state index in [2.05, 4.69) is 21.2 Å². The van der Waals surface area contributed by atoms with Gasteiger partial charge in [0, 0.05) is 4.47 Å². The van der Waals surface area contributed by atoms with Crippen LogP contribution in [0.2, 0.25) is 0 Å². The SMILES string of the molecule is CN(CCCCCF)CC(=O)Nc1ccccc1Br. The molecule has 1 amide bonds. The van der Waals surface area contributed by atoms with Crippen molar-refractivity contribution in [3.05, 3.63) is 28.7 Å². The van der Waals surface area contributed by atoms with Crippen LogP contribution in [0.5, 0.6) is 0 Å². The molecule has 19 heavy (non-hydrogen) atoms. The summed E-state index contributed by atoms with van der Waals surface area (Å²) in [4.78, 5) is 13.8. The first-order valence-electron chi connectivity index (χ1n) is 6.42. The molecule has 0 fully saturated rings. The number of rotatable bonds is 8. The summed E-state index contributed by atoms with van der Waals surface area (Å²) in [7, 11) is 1.90. The average Bonchev–Trinajstić information content (AvgIpc) is 2.37. The summed E-state index contributed by atoms with van der Waals surface area (Å²) in [5.41, 5.74) is 0.776. The van der Waals surface area contributed by atoms with Crippen molar-refractivity contribution in [2.45, 2.75) is 19.3 Å². The summed E-state index contributed by atoms with van der Waals surface area (Å²) in [6.07, 6.45) is 2.40. The standard InChI is InChI=1S/C14H20BrFN2O/c1-18(10-6-2-5-9-16)11-14(19)17-13-8-4-3-7-12(13)15/h3-4,7-8H,2,5-6,9-11H2,1H3,(H,17,19). The van der Waals surface area contributed by atoms with E-state index >= 15 is 0 Å². The molecular weight excluding hydrogens is 311 g/mol. The number of hydrogen-bond donors (Lipinski definition) is 1. The lowest BCUT2D eigenvalue weighted by Crippen LogP contribution is -2.31. The van der Waals surface area contributed by atoms with Gasteiger partial charge in [-0.3, -0.25) is 14.1 Å². The van der Waals surface area contributed by atoms with Crippen LogP contribution in [-0.4, -0.2) is 37.6 Å². The minimum absolute atomic E-state index is 0.0418. The van der Waals surface area contributed by atoms with Crippen LogP contribution in [0.25, 0.3) is 0 Å². The van der Waals surface area contributed by atoms with Gasteiger partial charge in [0.05, 0.1) is 18.9 Å². The van der Waals surface area contributed by atoms with E-state index in [1.807, 2.05) is 36.2 Å². The molecule has 0 heterocycles. The van der Waals surface area contributed by atoms with E-state index in [0.717, 1.165) is 29.5 Å². The lowest BCUT2D eigenvalue weighted by Gasteiger charge is -2.16. The van der Waals surface area contributed by atoms with Crippen molar-refractivity contribution in [2.24, 2.45) is 0 Å². The van der Waals surface area contributed by atoms with Gasteiger partial charge in [0.15, 0.2) is 0 Å². The molecule has 0 spiro atoms. The van der Waals surface area contributed by atoms with Gasteiger partial charge >= 0.3 is 0 Å². The van der Waals surface area contributed by atoms with E-state index in [-0.39, 0.29) is 12.6 Å². The fourth-order valence-corrected chi connectivity index (χ4v) is 2.11. The van der Waals surface area contributed by atoms with E-state index in [0.29, 0.717) is 13.0 Å². The number of nitrogens with one attached hydrogen (secondary N) is 1. The minimum atomic E-state index is -0.258. The van der Waals surface area contributed by atoms with E-state index in [1.165, 1.54) is 0 Å². The molecule has 0 saturated carbocycles. The Kier molecular flexibility index (Phi) is 7.67. The highest BCUT2D eigenvalue weighted by Gasteiger charge is 2.08. The largest absolute Gasteiger partial charge is 0.324 e. The van der Waals surface area contributed by atoms with Crippen molar-refractivity contribution in [3.8, 4) is 0 Å². The summed E-state index contributed by atoms with van der Waals surface area (Å²) < 4.78 is 12.8. The van der Waals surface area contributed by atoms with E-state index in [4.69, 9.17) is 0 Å². The Morgan fingerprint density at radius 2 is 2.05 bits per heavy atom. The number of unbranched alkanes of at least 4 members (excludes halogenated alkanes) is 2. The smallest absolute Gasteiger partial charge is 0.238 e. The summed E-state index contributed by atoms with van der Waals surface area (Å²) >= 11 is 3.39. The lowest BCUT2D eigenvalue weighted by atomic mass is 10.2. The molecule has 0 saturated heterocycles. The van der Waals surface area contributed by atoms with Gasteiger partial charge in [-0.05, 0) is 60.9 Å². The van der Waals surface area contributed by atoms with Crippen molar-refractivity contribution in [2.75, 3.05) is 32.1 Å². The van der Waals surface area contributed by atoms with Gasteiger partial charge in [-0.2, -0.15) is 0 Å². The first kappa shape index (κ1) is 16.1. The van der Waals surface area contributed by atoms with Gasteiger partial charge in [0.2, 0.25) is 5.91 Å². The van der Waals surface area contributed by atoms with Crippen molar-refractivity contribution >= 4 is 27.5 Å². The molecule has 3 nitrogen and oxygen atoms in total.